The van der Waals surface area contributed by atoms with Gasteiger partial charge in [-0.1, -0.05) is 12.1 Å². The zero-order valence-electron chi connectivity index (χ0n) is 16.4. The van der Waals surface area contributed by atoms with Gasteiger partial charge in [0, 0.05) is 23.5 Å². The van der Waals surface area contributed by atoms with Gasteiger partial charge in [-0.25, -0.2) is 18.2 Å². The van der Waals surface area contributed by atoms with E-state index in [-0.39, 0.29) is 10.7 Å². The fourth-order valence-electron chi connectivity index (χ4n) is 3.08. The first-order valence-electron chi connectivity index (χ1n) is 9.20. The highest BCUT2D eigenvalue weighted by atomic mass is 32.2. The third kappa shape index (κ3) is 4.28. The van der Waals surface area contributed by atoms with Crippen LogP contribution >= 0.6 is 0 Å². The predicted octanol–water partition coefficient (Wildman–Crippen LogP) is 3.29. The molecule has 0 spiro atoms. The van der Waals surface area contributed by atoms with E-state index in [1.807, 2.05) is 31.2 Å². The monoisotopic (exact) mass is 434 g/mol. The summed E-state index contributed by atoms with van der Waals surface area (Å²) in [4.78, 5) is 24.1. The molecular formula is C21H18N6O3S. The lowest BCUT2D eigenvalue weighted by molar-refractivity contribution is 0.259. The van der Waals surface area contributed by atoms with Gasteiger partial charge in [0.25, 0.3) is 10.0 Å². The number of nitrogens with zero attached hydrogens (tertiary/aromatic N) is 3. The number of sulfonamides is 1. The molecule has 0 aliphatic carbocycles. The quantitative estimate of drug-likeness (QED) is 0.440. The molecule has 0 aliphatic rings. The molecule has 10 heteroatoms. The van der Waals surface area contributed by atoms with Crippen molar-refractivity contribution in [2.45, 2.75) is 11.8 Å². The number of anilines is 2. The van der Waals surface area contributed by atoms with Crippen LogP contribution in [0.25, 0.3) is 22.3 Å². The molecule has 9 nitrogen and oxygen atoms in total. The Morgan fingerprint density at radius 3 is 2.42 bits per heavy atom. The SMILES string of the molecule is Cc1cccnc1-c1cc2cccnc2c(NS(=O)(=O)c2ccc(NC(N)=O)cc2)n1. The van der Waals surface area contributed by atoms with Gasteiger partial charge < -0.3 is 11.1 Å². The Bertz CT molecular complexity index is 1390. The molecule has 0 saturated carbocycles. The molecule has 0 radical (unpaired) electrons. The number of rotatable bonds is 5. The van der Waals surface area contributed by atoms with E-state index >= 15 is 0 Å². The van der Waals surface area contributed by atoms with E-state index in [4.69, 9.17) is 5.73 Å². The van der Waals surface area contributed by atoms with E-state index in [2.05, 4.69) is 25.0 Å². The number of benzene rings is 1. The molecule has 3 aromatic heterocycles. The van der Waals surface area contributed by atoms with Crippen LogP contribution in [0.5, 0.6) is 0 Å². The van der Waals surface area contributed by atoms with Crippen LogP contribution in [0, 0.1) is 6.92 Å². The molecule has 2 amide bonds. The maximum Gasteiger partial charge on any atom is 0.316 e. The van der Waals surface area contributed by atoms with Crippen molar-refractivity contribution >= 4 is 38.5 Å². The maximum atomic E-state index is 13.0. The van der Waals surface area contributed by atoms with Crippen molar-refractivity contribution in [1.82, 2.24) is 15.0 Å². The number of carbonyl (C=O) groups is 1. The summed E-state index contributed by atoms with van der Waals surface area (Å²) in [5.74, 6) is 0.0949. The van der Waals surface area contributed by atoms with Crippen molar-refractivity contribution in [3.05, 3.63) is 72.6 Å². The summed E-state index contributed by atoms with van der Waals surface area (Å²) < 4.78 is 28.5. The number of fused-ring (bicyclic) bond motifs is 1. The van der Waals surface area contributed by atoms with Gasteiger partial charge in [0.05, 0.1) is 16.3 Å². The zero-order chi connectivity index (χ0) is 22.0. The second-order valence-corrected chi connectivity index (χ2v) is 8.40. The number of hydrogen-bond acceptors (Lipinski definition) is 6. The molecule has 31 heavy (non-hydrogen) atoms. The van der Waals surface area contributed by atoms with Gasteiger partial charge in [0.1, 0.15) is 5.52 Å². The number of amides is 2. The van der Waals surface area contributed by atoms with E-state index in [1.54, 1.807) is 18.5 Å². The number of primary amides is 1. The van der Waals surface area contributed by atoms with Crippen molar-refractivity contribution < 1.29 is 13.2 Å². The standard InChI is InChI=1S/C21H18N6O3S/c1-13-4-2-10-23-18(13)17-12-14-5-3-11-24-19(14)20(26-17)27-31(29,30)16-8-6-15(7-9-16)25-21(22)28/h2-12H,1H3,(H,26,27)(H3,22,25,28). The number of aromatic nitrogens is 3. The number of carbonyl (C=O) groups excluding carboxylic acids is 1. The van der Waals surface area contributed by atoms with Crippen LogP contribution in [0.1, 0.15) is 5.56 Å². The smallest absolute Gasteiger partial charge is 0.316 e. The first kappa shape index (κ1) is 20.2. The molecule has 4 aromatic rings. The Morgan fingerprint density at radius 2 is 1.71 bits per heavy atom. The van der Waals surface area contributed by atoms with Crippen molar-refractivity contribution in [2.75, 3.05) is 10.0 Å². The minimum absolute atomic E-state index is 0.00665. The Hall–Kier alpha value is -4.05. The number of nitrogens with one attached hydrogen (secondary N) is 2. The summed E-state index contributed by atoms with van der Waals surface area (Å²) >= 11 is 0. The van der Waals surface area contributed by atoms with Gasteiger partial charge in [0.15, 0.2) is 5.82 Å². The largest absolute Gasteiger partial charge is 0.351 e. The highest BCUT2D eigenvalue weighted by Gasteiger charge is 2.19. The lowest BCUT2D eigenvalue weighted by Crippen LogP contribution is -2.19. The van der Waals surface area contributed by atoms with Crippen LogP contribution in [0.15, 0.2) is 71.9 Å². The number of hydrogen-bond donors (Lipinski definition) is 3. The van der Waals surface area contributed by atoms with Gasteiger partial charge in [0.2, 0.25) is 0 Å². The molecule has 0 bridgehead atoms. The van der Waals surface area contributed by atoms with E-state index in [1.165, 1.54) is 24.3 Å². The zero-order valence-corrected chi connectivity index (χ0v) is 17.2. The van der Waals surface area contributed by atoms with Gasteiger partial charge in [-0.3, -0.25) is 14.7 Å². The molecule has 4 rings (SSSR count). The molecule has 0 saturated heterocycles. The summed E-state index contributed by atoms with van der Waals surface area (Å²) in [6, 6.07) is 14.0. The van der Waals surface area contributed by atoms with Crippen LogP contribution in [0.2, 0.25) is 0 Å². The molecule has 0 aliphatic heterocycles. The van der Waals surface area contributed by atoms with E-state index < -0.39 is 16.1 Å². The number of pyridine rings is 3. The highest BCUT2D eigenvalue weighted by molar-refractivity contribution is 7.92. The van der Waals surface area contributed by atoms with E-state index in [0.29, 0.717) is 22.6 Å². The van der Waals surface area contributed by atoms with Crippen LogP contribution in [0.4, 0.5) is 16.3 Å². The summed E-state index contributed by atoms with van der Waals surface area (Å²) in [7, 11) is -3.98. The fraction of sp³-hybridized carbons (Fsp3) is 0.0476. The molecule has 1 aromatic carbocycles. The molecule has 0 unspecified atom stereocenters. The minimum atomic E-state index is -3.98. The fourth-order valence-corrected chi connectivity index (χ4v) is 4.09. The molecule has 3 heterocycles. The Labute approximate surface area is 178 Å². The topological polar surface area (TPSA) is 140 Å². The second kappa shape index (κ2) is 8.00. The normalized spacial score (nSPS) is 11.3. The average molecular weight is 434 g/mol. The van der Waals surface area contributed by atoms with Gasteiger partial charge in [-0.2, -0.15) is 0 Å². The third-order valence-corrected chi connectivity index (χ3v) is 5.86. The van der Waals surface area contributed by atoms with Crippen LogP contribution < -0.4 is 15.8 Å². The molecule has 0 fully saturated rings. The van der Waals surface area contributed by atoms with E-state index in [0.717, 1.165) is 10.9 Å². The minimum Gasteiger partial charge on any atom is -0.351 e. The number of nitrogens with two attached hydrogens (primary N) is 1. The highest BCUT2D eigenvalue weighted by Crippen LogP contribution is 2.28. The first-order chi connectivity index (χ1) is 14.8. The molecular weight excluding hydrogens is 416 g/mol. The predicted molar refractivity (Wildman–Crippen MR) is 118 cm³/mol. The number of urea groups is 1. The molecule has 0 atom stereocenters. The van der Waals surface area contributed by atoms with Crippen molar-refractivity contribution in [2.24, 2.45) is 5.73 Å². The van der Waals surface area contributed by atoms with E-state index in [9.17, 15) is 13.2 Å². The Morgan fingerprint density at radius 1 is 1.00 bits per heavy atom. The first-order valence-corrected chi connectivity index (χ1v) is 10.7. The van der Waals surface area contributed by atoms with Gasteiger partial charge in [-0.15, -0.1) is 0 Å². The third-order valence-electron chi connectivity index (χ3n) is 4.50. The maximum absolute atomic E-state index is 13.0. The van der Waals surface area contributed by atoms with Crippen LogP contribution in [-0.4, -0.2) is 29.4 Å². The molecule has 156 valence electrons. The van der Waals surface area contributed by atoms with Crippen molar-refractivity contribution in [1.29, 1.82) is 0 Å². The van der Waals surface area contributed by atoms with Crippen LogP contribution in [0.3, 0.4) is 0 Å². The second-order valence-electron chi connectivity index (χ2n) is 6.72. The van der Waals surface area contributed by atoms with Gasteiger partial charge in [-0.05, 0) is 55.0 Å². The lowest BCUT2D eigenvalue weighted by atomic mass is 10.1. The van der Waals surface area contributed by atoms with Crippen molar-refractivity contribution in [3.63, 3.8) is 0 Å². The number of aryl methyl sites for hydroxylation is 1. The summed E-state index contributed by atoms with van der Waals surface area (Å²) in [5.41, 5.74) is 7.95. The average Bonchev–Trinajstić information content (AvgIpc) is 2.74. The molecule has 4 N–H and O–H groups in total. The summed E-state index contributed by atoms with van der Waals surface area (Å²) in [6.07, 6.45) is 3.22. The summed E-state index contributed by atoms with van der Waals surface area (Å²) in [6.45, 7) is 1.91. The van der Waals surface area contributed by atoms with Gasteiger partial charge >= 0.3 is 6.03 Å². The van der Waals surface area contributed by atoms with Crippen LogP contribution in [-0.2, 0) is 10.0 Å². The summed E-state index contributed by atoms with van der Waals surface area (Å²) in [5, 5.41) is 3.10. The Kier molecular flexibility index (Phi) is 5.22. The van der Waals surface area contributed by atoms with Crippen molar-refractivity contribution in [3.8, 4) is 11.4 Å². The lowest BCUT2D eigenvalue weighted by Gasteiger charge is -2.12. The Balaban J connectivity index is 1.76.